The van der Waals surface area contributed by atoms with E-state index in [9.17, 15) is 9.90 Å². The number of benzene rings is 1. The average molecular weight is 276 g/mol. The third kappa shape index (κ3) is 3.73. The summed E-state index contributed by atoms with van der Waals surface area (Å²) in [5, 5.41) is 12.5. The van der Waals surface area contributed by atoms with Gasteiger partial charge in [-0.3, -0.25) is 4.79 Å². The van der Waals surface area contributed by atoms with Gasteiger partial charge < -0.3 is 15.3 Å². The molecule has 4 heteroatoms. The summed E-state index contributed by atoms with van der Waals surface area (Å²) in [6.45, 7) is 6.49. The van der Waals surface area contributed by atoms with Gasteiger partial charge in [-0.15, -0.1) is 0 Å². The average Bonchev–Trinajstić information content (AvgIpc) is 3.31. The Morgan fingerprint density at radius 2 is 1.90 bits per heavy atom. The van der Waals surface area contributed by atoms with E-state index in [4.69, 9.17) is 0 Å². The number of hydrogen-bond donors (Lipinski definition) is 2. The zero-order chi connectivity index (χ0) is 14.5. The second-order valence-corrected chi connectivity index (χ2v) is 5.33. The van der Waals surface area contributed by atoms with Crippen LogP contribution in [-0.2, 0) is 0 Å². The number of nitrogens with zero attached hydrogens (tertiary/aromatic N) is 1. The second kappa shape index (κ2) is 6.75. The van der Waals surface area contributed by atoms with Gasteiger partial charge in [0.05, 0.1) is 6.10 Å². The topological polar surface area (TPSA) is 52.6 Å². The molecule has 1 atom stereocenters. The predicted molar refractivity (Wildman–Crippen MR) is 81.1 cm³/mol. The molecule has 1 saturated carbocycles. The summed E-state index contributed by atoms with van der Waals surface area (Å²) >= 11 is 0. The van der Waals surface area contributed by atoms with Gasteiger partial charge in [0.15, 0.2) is 0 Å². The molecule has 1 fully saturated rings. The second-order valence-electron chi connectivity index (χ2n) is 5.33. The lowest BCUT2D eigenvalue weighted by atomic mass is 10.1. The molecule has 1 aromatic carbocycles. The maximum Gasteiger partial charge on any atom is 0.251 e. The van der Waals surface area contributed by atoms with Gasteiger partial charge in [0, 0.05) is 30.9 Å². The van der Waals surface area contributed by atoms with Crippen LogP contribution in [0.1, 0.15) is 37.0 Å². The largest absolute Gasteiger partial charge is 0.391 e. The molecule has 110 valence electrons. The lowest BCUT2D eigenvalue weighted by Crippen LogP contribution is -2.33. The first kappa shape index (κ1) is 14.9. The molecule has 0 aromatic heterocycles. The number of aliphatic hydroxyl groups excluding tert-OH is 1. The van der Waals surface area contributed by atoms with Crippen molar-refractivity contribution in [3.8, 4) is 0 Å². The quantitative estimate of drug-likeness (QED) is 0.801. The van der Waals surface area contributed by atoms with Crippen molar-refractivity contribution in [2.75, 3.05) is 24.5 Å². The molecule has 0 bridgehead atoms. The molecule has 20 heavy (non-hydrogen) atoms. The normalized spacial score (nSPS) is 15.8. The monoisotopic (exact) mass is 276 g/mol. The van der Waals surface area contributed by atoms with Crippen molar-refractivity contribution < 1.29 is 9.90 Å². The molecule has 1 amide bonds. The fourth-order valence-electron chi connectivity index (χ4n) is 2.36. The van der Waals surface area contributed by atoms with Crippen molar-refractivity contribution in [1.82, 2.24) is 5.32 Å². The Morgan fingerprint density at radius 1 is 1.30 bits per heavy atom. The first-order valence-electron chi connectivity index (χ1n) is 7.47. The summed E-state index contributed by atoms with van der Waals surface area (Å²) in [6, 6.07) is 7.62. The van der Waals surface area contributed by atoms with Crippen molar-refractivity contribution in [2.24, 2.45) is 5.92 Å². The SMILES string of the molecule is CCN(CC)c1ccc(C(=O)NCC(O)C2CC2)cc1. The third-order valence-corrected chi connectivity index (χ3v) is 3.90. The molecule has 0 heterocycles. The van der Waals surface area contributed by atoms with Crippen LogP contribution in [0.3, 0.4) is 0 Å². The summed E-state index contributed by atoms with van der Waals surface area (Å²) < 4.78 is 0. The Morgan fingerprint density at radius 3 is 2.40 bits per heavy atom. The van der Waals surface area contributed by atoms with Crippen LogP contribution in [0.25, 0.3) is 0 Å². The molecular formula is C16H24N2O2. The van der Waals surface area contributed by atoms with Crippen LogP contribution in [0, 0.1) is 5.92 Å². The van der Waals surface area contributed by atoms with Gasteiger partial charge in [-0.1, -0.05) is 0 Å². The highest BCUT2D eigenvalue weighted by Crippen LogP contribution is 2.32. The van der Waals surface area contributed by atoms with E-state index < -0.39 is 6.10 Å². The van der Waals surface area contributed by atoms with Crippen LogP contribution in [0.2, 0.25) is 0 Å². The summed E-state index contributed by atoms with van der Waals surface area (Å²) in [6.07, 6.45) is 1.76. The van der Waals surface area contributed by atoms with Crippen LogP contribution in [-0.4, -0.2) is 36.8 Å². The fourth-order valence-corrected chi connectivity index (χ4v) is 2.36. The molecule has 1 aromatic rings. The molecule has 0 radical (unpaired) electrons. The highest BCUT2D eigenvalue weighted by molar-refractivity contribution is 5.94. The van der Waals surface area contributed by atoms with Gasteiger partial charge in [-0.05, 0) is 56.9 Å². The van der Waals surface area contributed by atoms with Crippen molar-refractivity contribution in [1.29, 1.82) is 0 Å². The Labute approximate surface area is 120 Å². The van der Waals surface area contributed by atoms with Crippen molar-refractivity contribution >= 4 is 11.6 Å². The zero-order valence-electron chi connectivity index (χ0n) is 12.3. The molecule has 0 spiro atoms. The van der Waals surface area contributed by atoms with Crippen LogP contribution in [0.15, 0.2) is 24.3 Å². The molecule has 0 aliphatic heterocycles. The number of carbonyl (C=O) groups excluding carboxylic acids is 1. The van der Waals surface area contributed by atoms with E-state index in [0.717, 1.165) is 31.6 Å². The van der Waals surface area contributed by atoms with Crippen molar-refractivity contribution in [2.45, 2.75) is 32.8 Å². The number of amides is 1. The first-order chi connectivity index (χ1) is 9.65. The number of anilines is 1. The first-order valence-corrected chi connectivity index (χ1v) is 7.47. The minimum atomic E-state index is -0.395. The number of aliphatic hydroxyl groups is 1. The summed E-state index contributed by atoms with van der Waals surface area (Å²) in [5.41, 5.74) is 1.77. The van der Waals surface area contributed by atoms with E-state index in [2.05, 4.69) is 24.1 Å². The van der Waals surface area contributed by atoms with E-state index in [0.29, 0.717) is 18.0 Å². The maximum absolute atomic E-state index is 12.0. The molecular weight excluding hydrogens is 252 g/mol. The Balaban J connectivity index is 1.89. The fraction of sp³-hybridized carbons (Fsp3) is 0.562. The van der Waals surface area contributed by atoms with E-state index in [1.165, 1.54) is 0 Å². The number of nitrogens with one attached hydrogen (secondary N) is 1. The van der Waals surface area contributed by atoms with Gasteiger partial charge in [0.25, 0.3) is 5.91 Å². The predicted octanol–water partition coefficient (Wildman–Crippen LogP) is 2.03. The Kier molecular flexibility index (Phi) is 5.01. The van der Waals surface area contributed by atoms with Crippen LogP contribution < -0.4 is 10.2 Å². The maximum atomic E-state index is 12.0. The molecule has 4 nitrogen and oxygen atoms in total. The minimum absolute atomic E-state index is 0.115. The summed E-state index contributed by atoms with van der Waals surface area (Å²) in [5.74, 6) is 0.274. The van der Waals surface area contributed by atoms with Crippen LogP contribution in [0.4, 0.5) is 5.69 Å². The lowest BCUT2D eigenvalue weighted by Gasteiger charge is -2.21. The van der Waals surface area contributed by atoms with Gasteiger partial charge in [-0.25, -0.2) is 0 Å². The standard InChI is InChI=1S/C16H24N2O2/c1-3-18(4-2)14-9-7-13(8-10-14)16(20)17-11-15(19)12-5-6-12/h7-10,12,15,19H,3-6,11H2,1-2H3,(H,17,20). The van der Waals surface area contributed by atoms with E-state index in [1.54, 1.807) is 0 Å². The van der Waals surface area contributed by atoms with Gasteiger partial charge in [0.1, 0.15) is 0 Å². The molecule has 1 aliphatic rings. The molecule has 0 saturated heterocycles. The van der Waals surface area contributed by atoms with Gasteiger partial charge >= 0.3 is 0 Å². The minimum Gasteiger partial charge on any atom is -0.391 e. The van der Waals surface area contributed by atoms with Crippen molar-refractivity contribution in [3.63, 3.8) is 0 Å². The van der Waals surface area contributed by atoms with E-state index in [1.807, 2.05) is 24.3 Å². The summed E-state index contributed by atoms with van der Waals surface area (Å²) in [4.78, 5) is 14.2. The summed E-state index contributed by atoms with van der Waals surface area (Å²) in [7, 11) is 0. The molecule has 1 aliphatic carbocycles. The Hall–Kier alpha value is -1.55. The zero-order valence-corrected chi connectivity index (χ0v) is 12.3. The van der Waals surface area contributed by atoms with Crippen molar-refractivity contribution in [3.05, 3.63) is 29.8 Å². The van der Waals surface area contributed by atoms with E-state index in [-0.39, 0.29) is 5.91 Å². The van der Waals surface area contributed by atoms with Gasteiger partial charge in [-0.2, -0.15) is 0 Å². The third-order valence-electron chi connectivity index (χ3n) is 3.90. The highest BCUT2D eigenvalue weighted by Gasteiger charge is 2.29. The highest BCUT2D eigenvalue weighted by atomic mass is 16.3. The number of hydrogen-bond acceptors (Lipinski definition) is 3. The van der Waals surface area contributed by atoms with E-state index >= 15 is 0 Å². The molecule has 2 N–H and O–H groups in total. The molecule has 1 unspecified atom stereocenters. The number of carbonyl (C=O) groups is 1. The lowest BCUT2D eigenvalue weighted by molar-refractivity contribution is 0.0901. The number of rotatable bonds is 7. The van der Waals surface area contributed by atoms with Crippen LogP contribution >= 0.6 is 0 Å². The van der Waals surface area contributed by atoms with Gasteiger partial charge in [0.2, 0.25) is 0 Å². The van der Waals surface area contributed by atoms with Crippen LogP contribution in [0.5, 0.6) is 0 Å². The Bertz CT molecular complexity index is 436. The molecule has 2 rings (SSSR count). The smallest absolute Gasteiger partial charge is 0.251 e.